The lowest BCUT2D eigenvalue weighted by Gasteiger charge is -2.10. The first-order valence-electron chi connectivity index (χ1n) is 12.5. The summed E-state index contributed by atoms with van der Waals surface area (Å²) < 4.78 is 31.5. The van der Waals surface area contributed by atoms with Crippen molar-refractivity contribution in [2.24, 2.45) is 0 Å². The third kappa shape index (κ3) is 4.84. The molecule has 0 atom stereocenters. The molecule has 1 heterocycles. The SMILES string of the molecule is O=S(=O)(Nc1ccc2c(c1)c(-c1ccccc1)cn2Cc1ccccc1)c1ccc(-c2ccccc2)cc1. The van der Waals surface area contributed by atoms with Crippen LogP contribution in [0.5, 0.6) is 0 Å². The number of hydrogen-bond acceptors (Lipinski definition) is 2. The Morgan fingerprint density at radius 2 is 1.18 bits per heavy atom. The summed E-state index contributed by atoms with van der Waals surface area (Å²) in [6.45, 7) is 0.725. The molecule has 0 amide bonds. The molecule has 0 spiro atoms. The number of anilines is 1. The topological polar surface area (TPSA) is 51.1 Å². The first kappa shape index (κ1) is 23.8. The molecule has 1 aromatic heterocycles. The molecule has 0 fully saturated rings. The molecule has 0 saturated carbocycles. The van der Waals surface area contributed by atoms with E-state index in [1.807, 2.05) is 97.1 Å². The third-order valence-corrected chi connectivity index (χ3v) is 8.08. The highest BCUT2D eigenvalue weighted by atomic mass is 32.2. The third-order valence-electron chi connectivity index (χ3n) is 6.69. The van der Waals surface area contributed by atoms with Crippen molar-refractivity contribution in [2.75, 3.05) is 4.72 Å². The minimum Gasteiger partial charge on any atom is -0.342 e. The van der Waals surface area contributed by atoms with Crippen molar-refractivity contribution in [2.45, 2.75) is 11.4 Å². The summed E-state index contributed by atoms with van der Waals surface area (Å²) in [5.41, 5.74) is 6.93. The molecule has 0 aliphatic heterocycles. The van der Waals surface area contributed by atoms with Gasteiger partial charge in [0.2, 0.25) is 0 Å². The van der Waals surface area contributed by atoms with Gasteiger partial charge in [-0.1, -0.05) is 103 Å². The summed E-state index contributed by atoms with van der Waals surface area (Å²) in [4.78, 5) is 0.224. The van der Waals surface area contributed by atoms with Crippen molar-refractivity contribution in [3.05, 3.63) is 145 Å². The molecule has 0 aliphatic carbocycles. The highest BCUT2D eigenvalue weighted by Crippen LogP contribution is 2.34. The number of nitrogens with zero attached hydrogens (tertiary/aromatic N) is 1. The van der Waals surface area contributed by atoms with Crippen molar-refractivity contribution < 1.29 is 8.42 Å². The van der Waals surface area contributed by atoms with Crippen molar-refractivity contribution >= 4 is 26.6 Å². The quantitative estimate of drug-likeness (QED) is 0.236. The van der Waals surface area contributed by atoms with E-state index >= 15 is 0 Å². The molecular weight excluding hydrogens is 488 g/mol. The second-order valence-corrected chi connectivity index (χ2v) is 10.9. The predicted molar refractivity (Wildman–Crippen MR) is 156 cm³/mol. The van der Waals surface area contributed by atoms with Gasteiger partial charge in [0.25, 0.3) is 10.0 Å². The zero-order chi connectivity index (χ0) is 26.0. The Bertz CT molecular complexity index is 1790. The van der Waals surface area contributed by atoms with Gasteiger partial charge in [0.15, 0.2) is 0 Å². The smallest absolute Gasteiger partial charge is 0.261 e. The molecule has 6 aromatic rings. The lowest BCUT2D eigenvalue weighted by Crippen LogP contribution is -2.12. The fourth-order valence-electron chi connectivity index (χ4n) is 4.79. The van der Waals surface area contributed by atoms with Crippen LogP contribution in [0.4, 0.5) is 5.69 Å². The van der Waals surface area contributed by atoms with Crippen molar-refractivity contribution in [1.82, 2.24) is 4.57 Å². The number of sulfonamides is 1. The summed E-state index contributed by atoms with van der Waals surface area (Å²) in [6, 6.07) is 43.1. The van der Waals surface area contributed by atoms with Gasteiger partial charge in [-0.2, -0.15) is 0 Å². The van der Waals surface area contributed by atoms with E-state index in [4.69, 9.17) is 0 Å². The summed E-state index contributed by atoms with van der Waals surface area (Å²) in [7, 11) is -3.76. The van der Waals surface area contributed by atoms with Gasteiger partial charge >= 0.3 is 0 Å². The van der Waals surface area contributed by atoms with Crippen molar-refractivity contribution in [1.29, 1.82) is 0 Å². The monoisotopic (exact) mass is 514 g/mol. The molecule has 0 unspecified atom stereocenters. The number of rotatable bonds is 7. The van der Waals surface area contributed by atoms with Crippen LogP contribution in [0.3, 0.4) is 0 Å². The van der Waals surface area contributed by atoms with Crippen LogP contribution in [-0.4, -0.2) is 13.0 Å². The predicted octanol–water partition coefficient (Wildman–Crippen LogP) is 7.82. The molecule has 6 rings (SSSR count). The van der Waals surface area contributed by atoms with Crippen LogP contribution in [0.25, 0.3) is 33.2 Å². The Morgan fingerprint density at radius 3 is 1.84 bits per heavy atom. The van der Waals surface area contributed by atoms with Crippen molar-refractivity contribution in [3.63, 3.8) is 0 Å². The van der Waals surface area contributed by atoms with Crippen LogP contribution in [-0.2, 0) is 16.6 Å². The average Bonchev–Trinajstić information content (AvgIpc) is 3.31. The van der Waals surface area contributed by atoms with E-state index in [9.17, 15) is 8.42 Å². The van der Waals surface area contributed by atoms with Crippen LogP contribution in [0.1, 0.15) is 5.56 Å². The van der Waals surface area contributed by atoms with E-state index in [1.165, 1.54) is 5.56 Å². The summed E-state index contributed by atoms with van der Waals surface area (Å²) in [5, 5.41) is 0.992. The largest absolute Gasteiger partial charge is 0.342 e. The average molecular weight is 515 g/mol. The van der Waals surface area contributed by atoms with Gasteiger partial charge in [0, 0.05) is 34.9 Å². The fourth-order valence-corrected chi connectivity index (χ4v) is 5.84. The second-order valence-electron chi connectivity index (χ2n) is 9.25. The van der Waals surface area contributed by atoms with E-state index in [-0.39, 0.29) is 4.90 Å². The van der Waals surface area contributed by atoms with E-state index in [0.717, 1.165) is 39.7 Å². The van der Waals surface area contributed by atoms with Gasteiger partial charge < -0.3 is 4.57 Å². The first-order chi connectivity index (χ1) is 18.6. The highest BCUT2D eigenvalue weighted by Gasteiger charge is 2.17. The Kier molecular flexibility index (Phi) is 6.28. The van der Waals surface area contributed by atoms with Crippen LogP contribution >= 0.6 is 0 Å². The summed E-state index contributed by atoms with van der Waals surface area (Å²) in [6.07, 6.45) is 2.15. The molecule has 0 aliphatic rings. The highest BCUT2D eigenvalue weighted by molar-refractivity contribution is 7.92. The standard InChI is InChI=1S/C33H26N2O2S/c36-38(37,30-19-16-27(17-20-30)26-12-6-2-7-13-26)34-29-18-21-33-31(22-29)32(28-14-8-3-9-15-28)24-35(33)23-25-10-4-1-5-11-25/h1-22,24,34H,23H2. The Balaban J connectivity index is 1.35. The van der Waals surface area contributed by atoms with Crippen LogP contribution in [0.2, 0.25) is 0 Å². The summed E-state index contributed by atoms with van der Waals surface area (Å²) >= 11 is 0. The van der Waals surface area contributed by atoms with Gasteiger partial charge in [-0.3, -0.25) is 4.72 Å². The Morgan fingerprint density at radius 1 is 0.605 bits per heavy atom. The molecule has 0 saturated heterocycles. The maximum atomic E-state index is 13.3. The van der Waals surface area contributed by atoms with E-state index in [2.05, 4.69) is 39.8 Å². The zero-order valence-corrected chi connectivity index (χ0v) is 21.5. The van der Waals surface area contributed by atoms with E-state index in [0.29, 0.717) is 5.69 Å². The molecule has 5 heteroatoms. The maximum absolute atomic E-state index is 13.3. The number of aromatic nitrogens is 1. The molecule has 1 N–H and O–H groups in total. The number of fused-ring (bicyclic) bond motifs is 1. The van der Waals surface area contributed by atoms with Crippen LogP contribution in [0.15, 0.2) is 145 Å². The second kappa shape index (κ2) is 10.0. The van der Waals surface area contributed by atoms with Gasteiger partial charge in [-0.15, -0.1) is 0 Å². The summed E-state index contributed by atoms with van der Waals surface area (Å²) in [5.74, 6) is 0. The van der Waals surface area contributed by atoms with Crippen LogP contribution < -0.4 is 4.72 Å². The van der Waals surface area contributed by atoms with Crippen LogP contribution in [0, 0.1) is 0 Å². The number of benzene rings is 5. The Hall–Kier alpha value is -4.61. The Labute approximate surface area is 222 Å². The van der Waals surface area contributed by atoms with Gasteiger partial charge in [0.05, 0.1) is 4.90 Å². The lowest BCUT2D eigenvalue weighted by molar-refractivity contribution is 0.601. The van der Waals surface area contributed by atoms with E-state index < -0.39 is 10.0 Å². The van der Waals surface area contributed by atoms with Crippen molar-refractivity contribution in [3.8, 4) is 22.3 Å². The normalized spacial score (nSPS) is 11.5. The molecule has 4 nitrogen and oxygen atoms in total. The number of hydrogen-bond donors (Lipinski definition) is 1. The fraction of sp³-hybridized carbons (Fsp3) is 0.0303. The number of nitrogens with one attached hydrogen (secondary N) is 1. The van der Waals surface area contributed by atoms with Gasteiger partial charge in [0.1, 0.15) is 0 Å². The molecular formula is C33H26N2O2S. The molecule has 38 heavy (non-hydrogen) atoms. The first-order valence-corrected chi connectivity index (χ1v) is 14.0. The van der Waals surface area contributed by atoms with Gasteiger partial charge in [-0.05, 0) is 52.6 Å². The minimum atomic E-state index is -3.76. The molecule has 0 bridgehead atoms. The maximum Gasteiger partial charge on any atom is 0.261 e. The van der Waals surface area contributed by atoms with E-state index in [1.54, 1.807) is 12.1 Å². The molecule has 186 valence electrons. The minimum absolute atomic E-state index is 0.224. The van der Waals surface area contributed by atoms with Gasteiger partial charge in [-0.25, -0.2) is 8.42 Å². The zero-order valence-electron chi connectivity index (χ0n) is 20.7. The molecule has 0 radical (unpaired) electrons. The lowest BCUT2D eigenvalue weighted by atomic mass is 10.0. The molecule has 5 aromatic carbocycles.